The van der Waals surface area contributed by atoms with E-state index in [0.717, 1.165) is 28.5 Å². The van der Waals surface area contributed by atoms with Gasteiger partial charge >= 0.3 is 0 Å². The van der Waals surface area contributed by atoms with Crippen LogP contribution in [0.1, 0.15) is 50.6 Å². The third-order valence-corrected chi connectivity index (χ3v) is 4.70. The summed E-state index contributed by atoms with van der Waals surface area (Å²) in [4.78, 5) is 0. The van der Waals surface area contributed by atoms with Crippen molar-refractivity contribution in [3.8, 4) is 0 Å². The van der Waals surface area contributed by atoms with Crippen molar-refractivity contribution in [1.29, 1.82) is 0 Å². The van der Waals surface area contributed by atoms with Crippen molar-refractivity contribution in [3.63, 3.8) is 0 Å². The minimum atomic E-state index is 0.426. The molecule has 0 aromatic heterocycles. The Hall–Kier alpha value is 0.1000. The fourth-order valence-corrected chi connectivity index (χ4v) is 4.16. The zero-order valence-corrected chi connectivity index (χ0v) is 15.2. The molecular weight excluding hydrogens is 382 g/mol. The van der Waals surface area contributed by atoms with Gasteiger partial charge in [-0.15, -0.1) is 0 Å². The molecule has 2 nitrogen and oxygen atoms in total. The molecule has 4 heteroatoms. The normalized spacial score (nSPS) is 20.2. The quantitative estimate of drug-likeness (QED) is 0.673. The fourth-order valence-electron chi connectivity index (χ4n) is 2.83. The first-order chi connectivity index (χ1) is 9.69. The lowest BCUT2D eigenvalue weighted by atomic mass is 9.99. The van der Waals surface area contributed by atoms with Gasteiger partial charge in [0.05, 0.1) is 6.10 Å². The summed E-state index contributed by atoms with van der Waals surface area (Å²) in [7, 11) is 0. The minimum Gasteiger partial charge on any atom is -0.378 e. The van der Waals surface area contributed by atoms with Gasteiger partial charge in [0, 0.05) is 21.6 Å². The highest BCUT2D eigenvalue weighted by Gasteiger charge is 2.17. The summed E-state index contributed by atoms with van der Waals surface area (Å²) in [5.41, 5.74) is 1.35. The number of hydrogen-bond donors (Lipinski definition) is 1. The second-order valence-electron chi connectivity index (χ2n) is 5.38. The highest BCUT2D eigenvalue weighted by atomic mass is 79.9. The Kier molecular flexibility index (Phi) is 7.02. The molecule has 1 aliphatic heterocycles. The lowest BCUT2D eigenvalue weighted by molar-refractivity contribution is 0.101. The van der Waals surface area contributed by atoms with Gasteiger partial charge < -0.3 is 10.1 Å². The first kappa shape index (κ1) is 16.5. The molecule has 1 aromatic carbocycles. The predicted octanol–water partition coefficient (Wildman–Crippen LogP) is 5.21. The van der Waals surface area contributed by atoms with Crippen LogP contribution in [0.15, 0.2) is 27.1 Å². The number of ether oxygens (including phenoxy) is 1. The standard InChI is InChI=1S/C16H23Br2NO/c1-2-19-16(7-3-5-15-6-4-8-20-15)12-9-13(17)11-14(18)10-12/h9-11,15-16,19H,2-8H2,1H3. The van der Waals surface area contributed by atoms with Gasteiger partial charge in [0.25, 0.3) is 0 Å². The van der Waals surface area contributed by atoms with Crippen LogP contribution in [0.25, 0.3) is 0 Å². The molecular formula is C16H23Br2NO. The van der Waals surface area contributed by atoms with Gasteiger partial charge in [-0.3, -0.25) is 0 Å². The minimum absolute atomic E-state index is 0.426. The SMILES string of the molecule is CCNC(CCCC1CCCO1)c1cc(Br)cc(Br)c1. The van der Waals surface area contributed by atoms with Crippen LogP contribution >= 0.6 is 31.9 Å². The highest BCUT2D eigenvalue weighted by molar-refractivity contribution is 9.11. The second-order valence-corrected chi connectivity index (χ2v) is 7.21. The van der Waals surface area contributed by atoms with Gasteiger partial charge in [-0.1, -0.05) is 38.8 Å². The molecule has 1 saturated heterocycles. The molecule has 0 amide bonds. The fraction of sp³-hybridized carbons (Fsp3) is 0.625. The summed E-state index contributed by atoms with van der Waals surface area (Å²) in [6.45, 7) is 4.12. The van der Waals surface area contributed by atoms with E-state index in [1.54, 1.807) is 0 Å². The average Bonchev–Trinajstić information content (AvgIpc) is 2.89. The van der Waals surface area contributed by atoms with E-state index >= 15 is 0 Å². The monoisotopic (exact) mass is 403 g/mol. The largest absolute Gasteiger partial charge is 0.378 e. The van der Waals surface area contributed by atoms with Crippen molar-refractivity contribution in [1.82, 2.24) is 5.32 Å². The number of benzene rings is 1. The summed E-state index contributed by atoms with van der Waals surface area (Å²) in [6, 6.07) is 6.93. The number of hydrogen-bond acceptors (Lipinski definition) is 2. The van der Waals surface area contributed by atoms with Crippen molar-refractivity contribution >= 4 is 31.9 Å². The van der Waals surface area contributed by atoms with E-state index in [0.29, 0.717) is 12.1 Å². The summed E-state index contributed by atoms with van der Waals surface area (Å²) >= 11 is 7.15. The Morgan fingerprint density at radius 2 is 2.05 bits per heavy atom. The molecule has 1 aliphatic rings. The van der Waals surface area contributed by atoms with Crippen LogP contribution in [0, 0.1) is 0 Å². The average molecular weight is 405 g/mol. The first-order valence-corrected chi connectivity index (χ1v) is 9.08. The topological polar surface area (TPSA) is 21.3 Å². The molecule has 1 heterocycles. The van der Waals surface area contributed by atoms with E-state index in [9.17, 15) is 0 Å². The molecule has 2 rings (SSSR count). The maximum atomic E-state index is 5.70. The van der Waals surface area contributed by atoms with Crippen molar-refractivity contribution in [2.24, 2.45) is 0 Å². The van der Waals surface area contributed by atoms with Gasteiger partial charge in [-0.2, -0.15) is 0 Å². The van der Waals surface area contributed by atoms with E-state index in [2.05, 4.69) is 62.3 Å². The number of nitrogens with one attached hydrogen (secondary N) is 1. The molecule has 0 aliphatic carbocycles. The zero-order valence-electron chi connectivity index (χ0n) is 12.0. The van der Waals surface area contributed by atoms with Crippen LogP contribution in [-0.4, -0.2) is 19.3 Å². The lowest BCUT2D eigenvalue weighted by Gasteiger charge is -2.20. The van der Waals surface area contributed by atoms with Gasteiger partial charge in [-0.05, 0) is 62.4 Å². The predicted molar refractivity (Wildman–Crippen MR) is 91.1 cm³/mol. The Morgan fingerprint density at radius 3 is 2.65 bits per heavy atom. The molecule has 0 saturated carbocycles. The number of halogens is 2. The molecule has 0 radical (unpaired) electrons. The molecule has 2 atom stereocenters. The van der Waals surface area contributed by atoms with Crippen LogP contribution in [0.3, 0.4) is 0 Å². The van der Waals surface area contributed by atoms with E-state index in [1.807, 2.05) is 0 Å². The molecule has 112 valence electrons. The van der Waals surface area contributed by atoms with E-state index in [-0.39, 0.29) is 0 Å². The summed E-state index contributed by atoms with van der Waals surface area (Å²) < 4.78 is 7.96. The molecule has 1 N–H and O–H groups in total. The van der Waals surface area contributed by atoms with Crippen LogP contribution in [-0.2, 0) is 4.74 Å². The Balaban J connectivity index is 1.91. The van der Waals surface area contributed by atoms with Crippen LogP contribution in [0.4, 0.5) is 0 Å². The molecule has 0 spiro atoms. The van der Waals surface area contributed by atoms with Crippen molar-refractivity contribution in [2.75, 3.05) is 13.2 Å². The second kappa shape index (κ2) is 8.52. The summed E-state index contributed by atoms with van der Waals surface area (Å²) in [6.07, 6.45) is 6.56. The van der Waals surface area contributed by atoms with Gasteiger partial charge in [0.1, 0.15) is 0 Å². The van der Waals surface area contributed by atoms with Gasteiger partial charge in [0.15, 0.2) is 0 Å². The molecule has 20 heavy (non-hydrogen) atoms. The van der Waals surface area contributed by atoms with Crippen molar-refractivity contribution in [3.05, 3.63) is 32.7 Å². The van der Waals surface area contributed by atoms with E-state index in [1.165, 1.54) is 31.2 Å². The third kappa shape index (κ3) is 5.14. The molecule has 1 aromatic rings. The maximum Gasteiger partial charge on any atom is 0.0576 e. The van der Waals surface area contributed by atoms with Gasteiger partial charge in [0.2, 0.25) is 0 Å². The molecule has 1 fully saturated rings. The first-order valence-electron chi connectivity index (χ1n) is 7.50. The number of rotatable bonds is 7. The lowest BCUT2D eigenvalue weighted by Crippen LogP contribution is -2.21. The Morgan fingerprint density at radius 1 is 1.30 bits per heavy atom. The maximum absolute atomic E-state index is 5.70. The van der Waals surface area contributed by atoms with Crippen LogP contribution < -0.4 is 5.32 Å². The highest BCUT2D eigenvalue weighted by Crippen LogP contribution is 2.28. The summed E-state index contributed by atoms with van der Waals surface area (Å²) in [5.74, 6) is 0. The van der Waals surface area contributed by atoms with Crippen molar-refractivity contribution < 1.29 is 4.74 Å². The van der Waals surface area contributed by atoms with Crippen molar-refractivity contribution in [2.45, 2.75) is 51.2 Å². The molecule has 0 bridgehead atoms. The zero-order chi connectivity index (χ0) is 14.4. The van der Waals surface area contributed by atoms with E-state index < -0.39 is 0 Å². The Labute approximate surface area is 138 Å². The van der Waals surface area contributed by atoms with Gasteiger partial charge in [-0.25, -0.2) is 0 Å². The molecule has 2 unspecified atom stereocenters. The van der Waals surface area contributed by atoms with E-state index in [4.69, 9.17) is 4.74 Å². The summed E-state index contributed by atoms with van der Waals surface area (Å²) in [5, 5.41) is 3.60. The van der Waals surface area contributed by atoms with Crippen LogP contribution in [0.5, 0.6) is 0 Å². The van der Waals surface area contributed by atoms with Crippen LogP contribution in [0.2, 0.25) is 0 Å². The third-order valence-electron chi connectivity index (χ3n) is 3.78. The smallest absolute Gasteiger partial charge is 0.0576 e. The Bertz CT molecular complexity index is 399.